The van der Waals surface area contributed by atoms with Crippen LogP contribution in [0.3, 0.4) is 0 Å². The molecule has 3 N–H and O–H groups in total. The third kappa shape index (κ3) is 4.40. The van der Waals surface area contributed by atoms with Crippen molar-refractivity contribution in [1.82, 2.24) is 0 Å². The van der Waals surface area contributed by atoms with Crippen molar-refractivity contribution < 1.29 is 19.0 Å². The second kappa shape index (κ2) is 5.14. The summed E-state index contributed by atoms with van der Waals surface area (Å²) >= 11 is 0. The van der Waals surface area contributed by atoms with Crippen molar-refractivity contribution in [3.63, 3.8) is 0 Å². The predicted octanol–water partition coefficient (Wildman–Crippen LogP) is 1.73. The number of carbonyl (C=O) groups is 1. The third-order valence-electron chi connectivity index (χ3n) is 2.18. The fourth-order valence-electron chi connectivity index (χ4n) is 1.18. The number of rotatable bonds is 4. The molecule has 0 aliphatic rings. The molecule has 94 valence electrons. The number of ether oxygens (including phenoxy) is 1. The Kier molecular flexibility index (Phi) is 4.07. The lowest BCUT2D eigenvalue weighted by molar-refractivity contribution is 0.0245. The summed E-state index contributed by atoms with van der Waals surface area (Å²) in [4.78, 5) is 11.6. The lowest BCUT2D eigenvalue weighted by atomic mass is 10.1. The average molecular weight is 241 g/mol. The molecule has 5 heteroatoms. The third-order valence-corrected chi connectivity index (χ3v) is 2.18. The number of esters is 1. The van der Waals surface area contributed by atoms with E-state index in [0.717, 1.165) is 6.07 Å². The molecule has 0 radical (unpaired) electrons. The number of benzene rings is 1. The number of nitrogens with two attached hydrogens (primary N) is 1. The minimum Gasteiger partial charge on any atom is -0.462 e. The number of hydrogen-bond acceptors (Lipinski definition) is 4. The molecule has 1 aromatic carbocycles. The number of carbonyl (C=O) groups excluding carboxylic acids is 1. The van der Waals surface area contributed by atoms with Crippen LogP contribution in [-0.4, -0.2) is 23.3 Å². The van der Waals surface area contributed by atoms with Gasteiger partial charge in [-0.15, -0.1) is 0 Å². The Bertz CT molecular complexity index is 413. The summed E-state index contributed by atoms with van der Waals surface area (Å²) in [6.45, 7) is 3.27. The fraction of sp³-hybridized carbons (Fsp3) is 0.417. The van der Waals surface area contributed by atoms with Crippen LogP contribution >= 0.6 is 0 Å². The Balaban J connectivity index is 2.61. The first kappa shape index (κ1) is 13.4. The maximum Gasteiger partial charge on any atom is 0.340 e. The van der Waals surface area contributed by atoms with Gasteiger partial charge < -0.3 is 15.6 Å². The zero-order chi connectivity index (χ0) is 13.1. The monoisotopic (exact) mass is 241 g/mol. The molecule has 0 atom stereocenters. The van der Waals surface area contributed by atoms with Gasteiger partial charge in [-0.3, -0.25) is 0 Å². The number of nitrogen functional groups attached to an aromatic ring is 1. The summed E-state index contributed by atoms with van der Waals surface area (Å²) in [5.74, 6) is -1.24. The number of anilines is 1. The van der Waals surface area contributed by atoms with Crippen molar-refractivity contribution >= 4 is 11.7 Å². The van der Waals surface area contributed by atoms with E-state index in [1.54, 1.807) is 13.8 Å². The molecule has 0 saturated heterocycles. The standard InChI is InChI=1S/C12H16FNO3/c1-12(2,16)5-6-17-11(15)9-7-8(13)3-4-10(9)14/h3-4,7,16H,5-6,14H2,1-2H3. The molecular formula is C12H16FNO3. The van der Waals surface area contributed by atoms with E-state index in [0.29, 0.717) is 6.42 Å². The van der Waals surface area contributed by atoms with E-state index in [4.69, 9.17) is 10.5 Å². The van der Waals surface area contributed by atoms with Crippen LogP contribution in [0.15, 0.2) is 18.2 Å². The molecule has 0 amide bonds. The highest BCUT2D eigenvalue weighted by atomic mass is 19.1. The average Bonchev–Trinajstić information content (AvgIpc) is 2.19. The van der Waals surface area contributed by atoms with E-state index in [1.807, 2.05) is 0 Å². The van der Waals surface area contributed by atoms with Gasteiger partial charge in [-0.2, -0.15) is 0 Å². The number of aliphatic hydroxyl groups is 1. The van der Waals surface area contributed by atoms with Gasteiger partial charge in [-0.25, -0.2) is 9.18 Å². The van der Waals surface area contributed by atoms with Crippen LogP contribution < -0.4 is 5.73 Å². The summed E-state index contributed by atoms with van der Waals surface area (Å²) in [7, 11) is 0. The summed E-state index contributed by atoms with van der Waals surface area (Å²) in [6.07, 6.45) is 0.300. The zero-order valence-electron chi connectivity index (χ0n) is 9.87. The quantitative estimate of drug-likeness (QED) is 0.622. The van der Waals surface area contributed by atoms with Crippen LogP contribution in [0.2, 0.25) is 0 Å². The van der Waals surface area contributed by atoms with Crippen molar-refractivity contribution in [2.75, 3.05) is 12.3 Å². The highest BCUT2D eigenvalue weighted by Gasteiger charge is 2.16. The van der Waals surface area contributed by atoms with Gasteiger partial charge in [0, 0.05) is 12.1 Å². The summed E-state index contributed by atoms with van der Waals surface area (Å²) in [5.41, 5.74) is 4.79. The topological polar surface area (TPSA) is 72.5 Å². The zero-order valence-corrected chi connectivity index (χ0v) is 9.87. The first-order chi connectivity index (χ1) is 7.79. The second-order valence-electron chi connectivity index (χ2n) is 4.43. The van der Waals surface area contributed by atoms with Crippen LogP contribution in [0, 0.1) is 5.82 Å². The summed E-state index contributed by atoms with van der Waals surface area (Å²) < 4.78 is 17.8. The first-order valence-electron chi connectivity index (χ1n) is 5.24. The molecule has 0 heterocycles. The van der Waals surface area contributed by atoms with E-state index in [1.165, 1.54) is 12.1 Å². The molecule has 17 heavy (non-hydrogen) atoms. The fourth-order valence-corrected chi connectivity index (χ4v) is 1.18. The van der Waals surface area contributed by atoms with Gasteiger partial charge in [0.2, 0.25) is 0 Å². The molecule has 0 aromatic heterocycles. The van der Waals surface area contributed by atoms with E-state index in [-0.39, 0.29) is 17.9 Å². The van der Waals surface area contributed by atoms with Crippen molar-refractivity contribution in [2.45, 2.75) is 25.9 Å². The maximum absolute atomic E-state index is 12.9. The maximum atomic E-state index is 12.9. The highest BCUT2D eigenvalue weighted by molar-refractivity contribution is 5.95. The predicted molar refractivity (Wildman–Crippen MR) is 62.0 cm³/mol. The lowest BCUT2D eigenvalue weighted by Crippen LogP contribution is -2.22. The Labute approximate surface area is 99.2 Å². The van der Waals surface area contributed by atoms with E-state index in [9.17, 15) is 14.3 Å². The van der Waals surface area contributed by atoms with Crippen molar-refractivity contribution in [2.24, 2.45) is 0 Å². The molecule has 0 aliphatic carbocycles. The second-order valence-corrected chi connectivity index (χ2v) is 4.43. The number of halogens is 1. The smallest absolute Gasteiger partial charge is 0.340 e. The highest BCUT2D eigenvalue weighted by Crippen LogP contribution is 2.15. The SMILES string of the molecule is CC(C)(O)CCOC(=O)c1cc(F)ccc1N. The van der Waals surface area contributed by atoms with Gasteiger partial charge in [-0.1, -0.05) is 0 Å². The molecule has 0 spiro atoms. The van der Waals surface area contributed by atoms with E-state index in [2.05, 4.69) is 0 Å². The molecule has 0 fully saturated rings. The molecular weight excluding hydrogens is 225 g/mol. The Hall–Kier alpha value is -1.62. The van der Waals surface area contributed by atoms with Crippen molar-refractivity contribution in [1.29, 1.82) is 0 Å². The number of hydrogen-bond donors (Lipinski definition) is 2. The summed E-state index contributed by atoms with van der Waals surface area (Å²) in [6, 6.07) is 3.51. The van der Waals surface area contributed by atoms with Crippen LogP contribution in [0.25, 0.3) is 0 Å². The van der Waals surface area contributed by atoms with Crippen molar-refractivity contribution in [3.05, 3.63) is 29.6 Å². The van der Waals surface area contributed by atoms with E-state index < -0.39 is 17.4 Å². The molecule has 1 aromatic rings. The Morgan fingerprint density at radius 3 is 2.76 bits per heavy atom. The Morgan fingerprint density at radius 1 is 1.53 bits per heavy atom. The minimum atomic E-state index is -0.909. The van der Waals surface area contributed by atoms with Crippen LogP contribution in [0.1, 0.15) is 30.6 Å². The van der Waals surface area contributed by atoms with Crippen LogP contribution in [-0.2, 0) is 4.74 Å². The normalized spacial score (nSPS) is 11.3. The molecule has 1 rings (SSSR count). The molecule has 4 nitrogen and oxygen atoms in total. The van der Waals surface area contributed by atoms with Crippen LogP contribution in [0.5, 0.6) is 0 Å². The molecule has 0 saturated carbocycles. The molecule has 0 aliphatic heterocycles. The minimum absolute atomic E-state index is 0.000691. The van der Waals surface area contributed by atoms with E-state index >= 15 is 0 Å². The molecule has 0 unspecified atom stereocenters. The summed E-state index contributed by atoms with van der Waals surface area (Å²) in [5, 5.41) is 9.42. The van der Waals surface area contributed by atoms with Gasteiger partial charge in [0.05, 0.1) is 17.8 Å². The van der Waals surface area contributed by atoms with Gasteiger partial charge in [0.25, 0.3) is 0 Å². The van der Waals surface area contributed by atoms with Gasteiger partial charge in [0.1, 0.15) is 5.82 Å². The van der Waals surface area contributed by atoms with Crippen LogP contribution in [0.4, 0.5) is 10.1 Å². The largest absolute Gasteiger partial charge is 0.462 e. The molecule has 0 bridgehead atoms. The first-order valence-corrected chi connectivity index (χ1v) is 5.24. The van der Waals surface area contributed by atoms with Crippen molar-refractivity contribution in [3.8, 4) is 0 Å². The van der Waals surface area contributed by atoms with Gasteiger partial charge in [0.15, 0.2) is 0 Å². The van der Waals surface area contributed by atoms with Gasteiger partial charge >= 0.3 is 5.97 Å². The lowest BCUT2D eigenvalue weighted by Gasteiger charge is -2.16. The van der Waals surface area contributed by atoms with Gasteiger partial charge in [-0.05, 0) is 32.0 Å². The Morgan fingerprint density at radius 2 is 2.18 bits per heavy atom.